The van der Waals surface area contributed by atoms with Crippen LogP contribution in [-0.2, 0) is 19.6 Å². The fourth-order valence-corrected chi connectivity index (χ4v) is 5.59. The van der Waals surface area contributed by atoms with Crippen LogP contribution in [0.25, 0.3) is 33.6 Å². The van der Waals surface area contributed by atoms with Crippen molar-refractivity contribution < 1.29 is 15.3 Å². The molecule has 0 radical (unpaired) electrons. The predicted octanol–water partition coefficient (Wildman–Crippen LogP) is 4.91. The molecule has 1 saturated carbocycles. The van der Waals surface area contributed by atoms with E-state index in [4.69, 9.17) is 0 Å². The normalized spacial score (nSPS) is 18.7. The van der Waals surface area contributed by atoms with Gasteiger partial charge in [-0.3, -0.25) is 5.10 Å². The summed E-state index contributed by atoms with van der Waals surface area (Å²) in [6.07, 6.45) is 4.61. The summed E-state index contributed by atoms with van der Waals surface area (Å²) in [7, 11) is 0. The lowest BCUT2D eigenvalue weighted by Crippen LogP contribution is -2.34. The minimum absolute atomic E-state index is 0.109. The number of hydrogen-bond acceptors (Lipinski definition) is 5. The Kier molecular flexibility index (Phi) is 6.09. The number of aromatic amines is 1. The average Bonchev–Trinajstić information content (AvgIpc) is 3.48. The molecular weight excluding hydrogens is 450 g/mol. The second kappa shape index (κ2) is 9.54. The van der Waals surface area contributed by atoms with Gasteiger partial charge in [0.25, 0.3) is 0 Å². The Morgan fingerprint density at radius 2 is 1.64 bits per heavy atom. The summed E-state index contributed by atoms with van der Waals surface area (Å²) >= 11 is 0. The first-order valence-electron chi connectivity index (χ1n) is 12.7. The van der Waals surface area contributed by atoms with Crippen molar-refractivity contribution in [1.82, 2.24) is 15.5 Å². The summed E-state index contributed by atoms with van der Waals surface area (Å²) in [5.74, 6) is 0.109. The predicted molar refractivity (Wildman–Crippen MR) is 140 cm³/mol. The van der Waals surface area contributed by atoms with Gasteiger partial charge in [0.1, 0.15) is 5.75 Å². The lowest BCUT2D eigenvalue weighted by Gasteiger charge is -2.26. The topological polar surface area (TPSA) is 101 Å². The van der Waals surface area contributed by atoms with Gasteiger partial charge in [-0.05, 0) is 60.1 Å². The highest BCUT2D eigenvalue weighted by molar-refractivity contribution is 5.82. The summed E-state index contributed by atoms with van der Waals surface area (Å²) in [6, 6.07) is 20.8. The molecule has 4 aromatic rings. The third-order valence-corrected chi connectivity index (χ3v) is 7.71. The molecule has 0 bridgehead atoms. The van der Waals surface area contributed by atoms with Crippen LogP contribution in [0.5, 0.6) is 5.75 Å². The number of aromatic nitrogens is 2. The number of aliphatic hydroxyl groups excluding tert-OH is 2. The number of benzene rings is 3. The Morgan fingerprint density at radius 3 is 2.42 bits per heavy atom. The van der Waals surface area contributed by atoms with Crippen LogP contribution in [0.4, 0.5) is 0 Å². The number of aliphatic hydroxyl groups is 2. The zero-order valence-electron chi connectivity index (χ0n) is 20.2. The van der Waals surface area contributed by atoms with Crippen LogP contribution in [0.2, 0.25) is 0 Å². The van der Waals surface area contributed by atoms with Crippen LogP contribution in [-0.4, -0.2) is 37.7 Å². The van der Waals surface area contributed by atoms with Gasteiger partial charge in [0.15, 0.2) is 0 Å². The van der Waals surface area contributed by atoms with E-state index in [9.17, 15) is 15.3 Å². The quantitative estimate of drug-likeness (QED) is 0.237. The van der Waals surface area contributed by atoms with E-state index in [0.717, 1.165) is 66.7 Å². The van der Waals surface area contributed by atoms with E-state index in [0.29, 0.717) is 11.6 Å². The lowest BCUT2D eigenvalue weighted by atomic mass is 9.93. The number of nitrogens with one attached hydrogen (secondary N) is 2. The molecule has 5 N–H and O–H groups in total. The molecule has 6 rings (SSSR count). The molecule has 2 aliphatic carbocycles. The highest BCUT2D eigenvalue weighted by Crippen LogP contribution is 2.40. The van der Waals surface area contributed by atoms with E-state index >= 15 is 0 Å². The van der Waals surface area contributed by atoms with Crippen LogP contribution in [0.3, 0.4) is 0 Å². The molecule has 0 atom stereocenters. The highest BCUT2D eigenvalue weighted by Gasteiger charge is 2.25. The zero-order valence-corrected chi connectivity index (χ0v) is 20.2. The van der Waals surface area contributed by atoms with Crippen LogP contribution in [0.1, 0.15) is 47.9 Å². The van der Waals surface area contributed by atoms with Gasteiger partial charge in [-0.15, -0.1) is 0 Å². The maximum absolute atomic E-state index is 9.85. The minimum Gasteiger partial charge on any atom is -0.508 e. The molecule has 6 heteroatoms. The van der Waals surface area contributed by atoms with Gasteiger partial charge in [-0.25, -0.2) is 0 Å². The molecule has 0 spiro atoms. The zero-order chi connectivity index (χ0) is 24.6. The maximum atomic E-state index is 9.85. The molecular formula is C30H31N3O3. The smallest absolute Gasteiger partial charge is 0.121 e. The monoisotopic (exact) mass is 481 g/mol. The van der Waals surface area contributed by atoms with E-state index in [1.165, 1.54) is 22.3 Å². The van der Waals surface area contributed by atoms with Gasteiger partial charge in [-0.2, -0.15) is 5.10 Å². The van der Waals surface area contributed by atoms with Crippen molar-refractivity contribution in [2.45, 2.75) is 57.4 Å². The summed E-state index contributed by atoms with van der Waals surface area (Å²) < 4.78 is 0. The number of rotatable bonds is 6. The second-order valence-electron chi connectivity index (χ2n) is 10.1. The molecule has 0 unspecified atom stereocenters. The first-order valence-corrected chi connectivity index (χ1v) is 12.7. The van der Waals surface area contributed by atoms with Crippen LogP contribution >= 0.6 is 0 Å². The van der Waals surface area contributed by atoms with E-state index in [2.05, 4.69) is 58.0 Å². The van der Waals surface area contributed by atoms with E-state index in [-0.39, 0.29) is 18.5 Å². The summed E-state index contributed by atoms with van der Waals surface area (Å²) in [4.78, 5) is 0. The second-order valence-corrected chi connectivity index (χ2v) is 10.1. The van der Waals surface area contributed by atoms with Gasteiger partial charge < -0.3 is 20.6 Å². The van der Waals surface area contributed by atoms with Crippen molar-refractivity contribution in [2.24, 2.45) is 0 Å². The fraction of sp³-hybridized carbons (Fsp3) is 0.300. The number of hydrogen-bond donors (Lipinski definition) is 5. The first kappa shape index (κ1) is 23.0. The molecule has 184 valence electrons. The molecule has 1 heterocycles. The molecule has 6 nitrogen and oxygen atoms in total. The Hall–Kier alpha value is -3.45. The van der Waals surface area contributed by atoms with E-state index in [1.807, 2.05) is 12.1 Å². The summed E-state index contributed by atoms with van der Waals surface area (Å²) in [5.41, 5.74) is 10.7. The van der Waals surface area contributed by atoms with Crippen LogP contribution in [0.15, 0.2) is 60.7 Å². The third kappa shape index (κ3) is 4.32. The van der Waals surface area contributed by atoms with Crippen molar-refractivity contribution in [3.63, 3.8) is 0 Å². The number of aromatic hydroxyl groups is 1. The van der Waals surface area contributed by atoms with Crippen LogP contribution < -0.4 is 5.32 Å². The van der Waals surface area contributed by atoms with Crippen molar-refractivity contribution >= 4 is 0 Å². The Bertz CT molecular complexity index is 1390. The summed E-state index contributed by atoms with van der Waals surface area (Å²) in [5, 5.41) is 40.6. The molecule has 36 heavy (non-hydrogen) atoms. The SMILES string of the molecule is OCc1cc(-c2ccc(-c3n[nH]c4c3Cc3cc(CN[C@H]5CC[C@H](O)CC5)ccc3-4)cc2)ccc1O. The lowest BCUT2D eigenvalue weighted by molar-refractivity contribution is 0.116. The van der Waals surface area contributed by atoms with Crippen molar-refractivity contribution in [3.05, 3.63) is 82.9 Å². The van der Waals surface area contributed by atoms with Crippen molar-refractivity contribution in [1.29, 1.82) is 0 Å². The number of nitrogens with zero attached hydrogens (tertiary/aromatic N) is 1. The molecule has 1 fully saturated rings. The minimum atomic E-state index is -0.194. The molecule has 2 aliphatic rings. The first-order chi connectivity index (χ1) is 17.6. The largest absolute Gasteiger partial charge is 0.508 e. The van der Waals surface area contributed by atoms with Gasteiger partial charge in [0.05, 0.1) is 24.1 Å². The molecule has 3 aromatic carbocycles. The van der Waals surface area contributed by atoms with Gasteiger partial charge in [0, 0.05) is 41.3 Å². The van der Waals surface area contributed by atoms with E-state index in [1.54, 1.807) is 6.07 Å². The van der Waals surface area contributed by atoms with Gasteiger partial charge in [0.2, 0.25) is 0 Å². The van der Waals surface area contributed by atoms with Gasteiger partial charge in [-0.1, -0.05) is 48.5 Å². The third-order valence-electron chi connectivity index (χ3n) is 7.71. The summed E-state index contributed by atoms with van der Waals surface area (Å²) in [6.45, 7) is 0.657. The van der Waals surface area contributed by atoms with Crippen LogP contribution in [0, 0.1) is 0 Å². The average molecular weight is 482 g/mol. The molecule has 0 amide bonds. The van der Waals surface area contributed by atoms with Crippen molar-refractivity contribution in [2.75, 3.05) is 0 Å². The standard InChI is InChI=1S/C30H31N3O3/c34-17-23-14-21(6-12-28(23)36)19-2-4-20(5-3-19)29-27-15-22-13-18(1-11-26(22)30(27)33-32-29)16-31-24-7-9-25(35)10-8-24/h1-6,11-14,24-25,31,34-36H,7-10,15-17H2,(H,32,33)/t24-,25-. The Labute approximate surface area is 210 Å². The fourth-order valence-electron chi connectivity index (χ4n) is 5.59. The maximum Gasteiger partial charge on any atom is 0.121 e. The van der Waals surface area contributed by atoms with Gasteiger partial charge >= 0.3 is 0 Å². The van der Waals surface area contributed by atoms with Crippen molar-refractivity contribution in [3.8, 4) is 39.4 Å². The number of fused-ring (bicyclic) bond motifs is 3. The van der Waals surface area contributed by atoms with E-state index < -0.39 is 0 Å². The number of phenols is 1. The molecule has 0 saturated heterocycles. The molecule has 1 aromatic heterocycles. The highest BCUT2D eigenvalue weighted by atomic mass is 16.3. The number of H-pyrrole nitrogens is 1. The Balaban J connectivity index is 1.18. The Morgan fingerprint density at radius 1 is 0.889 bits per heavy atom. The molecule has 0 aliphatic heterocycles.